The average molecular weight is 284 g/mol. The van der Waals surface area contributed by atoms with Gasteiger partial charge in [-0.3, -0.25) is 4.79 Å². The molecular weight excluding hydrogens is 264 g/mol. The minimum atomic E-state index is 0.00146. The number of nitrogens with one attached hydrogen (secondary N) is 2. The molecule has 5 heteroatoms. The molecule has 2 heterocycles. The first-order valence-electron chi connectivity index (χ1n) is 7.33. The van der Waals surface area contributed by atoms with Gasteiger partial charge in [0.25, 0.3) is 0 Å². The van der Waals surface area contributed by atoms with E-state index in [4.69, 9.17) is 0 Å². The van der Waals surface area contributed by atoms with Crippen LogP contribution in [0.25, 0.3) is 5.69 Å². The molecule has 0 aliphatic carbocycles. The third-order valence-corrected chi connectivity index (χ3v) is 3.96. The standard InChI is InChI=1S/C16H20N4O/c1-12(19-16(21)14-5-6-17-10-14)13-3-2-4-15(9-13)20-8-7-18-11-20/h2-4,7-9,11-12,14,17H,5-6,10H2,1H3,(H,19,21). The van der Waals surface area contributed by atoms with Crippen molar-refractivity contribution in [2.45, 2.75) is 19.4 Å². The Morgan fingerprint density at radius 1 is 1.52 bits per heavy atom. The van der Waals surface area contributed by atoms with Crippen LogP contribution in [0.15, 0.2) is 43.0 Å². The van der Waals surface area contributed by atoms with Crippen molar-refractivity contribution in [3.63, 3.8) is 0 Å². The summed E-state index contributed by atoms with van der Waals surface area (Å²) in [5.74, 6) is 0.241. The molecule has 1 saturated heterocycles. The number of hydrogen-bond donors (Lipinski definition) is 2. The number of amides is 1. The van der Waals surface area contributed by atoms with Gasteiger partial charge in [0.15, 0.2) is 0 Å². The molecule has 2 atom stereocenters. The van der Waals surface area contributed by atoms with Crippen molar-refractivity contribution >= 4 is 5.91 Å². The summed E-state index contributed by atoms with van der Waals surface area (Å²) in [6.45, 7) is 3.74. The van der Waals surface area contributed by atoms with Crippen molar-refractivity contribution in [2.24, 2.45) is 5.92 Å². The van der Waals surface area contributed by atoms with Crippen LogP contribution in [0.1, 0.15) is 24.9 Å². The fourth-order valence-corrected chi connectivity index (χ4v) is 2.66. The van der Waals surface area contributed by atoms with Gasteiger partial charge in [-0.2, -0.15) is 0 Å². The quantitative estimate of drug-likeness (QED) is 0.897. The van der Waals surface area contributed by atoms with E-state index >= 15 is 0 Å². The van der Waals surface area contributed by atoms with Crippen molar-refractivity contribution < 1.29 is 4.79 Å². The molecule has 1 amide bonds. The number of nitrogens with zero attached hydrogens (tertiary/aromatic N) is 2. The number of imidazole rings is 1. The van der Waals surface area contributed by atoms with Crippen LogP contribution in [0, 0.1) is 5.92 Å². The molecule has 110 valence electrons. The van der Waals surface area contributed by atoms with E-state index in [9.17, 15) is 4.79 Å². The van der Waals surface area contributed by atoms with Crippen LogP contribution < -0.4 is 10.6 Å². The molecule has 1 aliphatic rings. The predicted molar refractivity (Wildman–Crippen MR) is 81.1 cm³/mol. The Labute approximate surface area is 124 Å². The summed E-state index contributed by atoms with van der Waals surface area (Å²) in [6, 6.07) is 8.16. The highest BCUT2D eigenvalue weighted by molar-refractivity contribution is 5.79. The first-order chi connectivity index (χ1) is 10.2. The van der Waals surface area contributed by atoms with Crippen molar-refractivity contribution in [1.29, 1.82) is 0 Å². The Hall–Kier alpha value is -2.14. The van der Waals surface area contributed by atoms with Gasteiger partial charge in [-0.1, -0.05) is 12.1 Å². The maximum absolute atomic E-state index is 12.2. The number of aromatic nitrogens is 2. The highest BCUT2D eigenvalue weighted by Gasteiger charge is 2.23. The molecule has 21 heavy (non-hydrogen) atoms. The molecule has 5 nitrogen and oxygen atoms in total. The van der Waals surface area contributed by atoms with E-state index in [0.29, 0.717) is 0 Å². The van der Waals surface area contributed by atoms with Gasteiger partial charge in [0.2, 0.25) is 5.91 Å². The first kappa shape index (κ1) is 13.8. The van der Waals surface area contributed by atoms with Gasteiger partial charge in [0, 0.05) is 24.6 Å². The Kier molecular flexibility index (Phi) is 4.01. The monoisotopic (exact) mass is 284 g/mol. The highest BCUT2D eigenvalue weighted by atomic mass is 16.2. The smallest absolute Gasteiger partial charge is 0.224 e. The Morgan fingerprint density at radius 3 is 3.14 bits per heavy atom. The van der Waals surface area contributed by atoms with Crippen LogP contribution in [-0.4, -0.2) is 28.5 Å². The van der Waals surface area contributed by atoms with Gasteiger partial charge in [0.1, 0.15) is 0 Å². The van der Waals surface area contributed by atoms with Gasteiger partial charge in [-0.05, 0) is 37.6 Å². The summed E-state index contributed by atoms with van der Waals surface area (Å²) in [4.78, 5) is 16.2. The zero-order chi connectivity index (χ0) is 14.7. The fourth-order valence-electron chi connectivity index (χ4n) is 2.66. The number of hydrogen-bond acceptors (Lipinski definition) is 3. The van der Waals surface area contributed by atoms with Gasteiger partial charge in [-0.25, -0.2) is 4.98 Å². The summed E-state index contributed by atoms with van der Waals surface area (Å²) in [6.07, 6.45) is 6.36. The maximum Gasteiger partial charge on any atom is 0.224 e. The second kappa shape index (κ2) is 6.10. The minimum absolute atomic E-state index is 0.00146. The van der Waals surface area contributed by atoms with E-state index in [0.717, 1.165) is 30.8 Å². The predicted octanol–water partition coefficient (Wildman–Crippen LogP) is 1.66. The third kappa shape index (κ3) is 3.13. The number of carbonyl (C=O) groups is 1. The van der Waals surface area contributed by atoms with Crippen LogP contribution >= 0.6 is 0 Å². The van der Waals surface area contributed by atoms with E-state index in [1.807, 2.05) is 35.9 Å². The molecule has 0 spiro atoms. The molecule has 1 fully saturated rings. The van der Waals surface area contributed by atoms with Crippen LogP contribution in [0.4, 0.5) is 0 Å². The SMILES string of the molecule is CC(NC(=O)C1CCNC1)c1cccc(-n2ccnc2)c1. The van der Waals surface area contributed by atoms with Crippen LogP contribution in [0.3, 0.4) is 0 Å². The molecule has 3 rings (SSSR count). The Bertz CT molecular complexity index is 602. The van der Waals surface area contributed by atoms with E-state index in [1.54, 1.807) is 12.5 Å². The summed E-state index contributed by atoms with van der Waals surface area (Å²) in [5, 5.41) is 6.33. The zero-order valence-electron chi connectivity index (χ0n) is 12.1. The normalized spacial score (nSPS) is 19.4. The summed E-state index contributed by atoms with van der Waals surface area (Å²) >= 11 is 0. The molecule has 0 saturated carbocycles. The lowest BCUT2D eigenvalue weighted by Crippen LogP contribution is -2.33. The molecule has 2 N–H and O–H groups in total. The molecule has 0 radical (unpaired) electrons. The molecule has 1 aromatic heterocycles. The second-order valence-corrected chi connectivity index (χ2v) is 5.48. The zero-order valence-corrected chi connectivity index (χ0v) is 12.1. The lowest BCUT2D eigenvalue weighted by molar-refractivity contribution is -0.125. The number of rotatable bonds is 4. The molecular formula is C16H20N4O. The molecule has 0 bridgehead atoms. The van der Waals surface area contributed by atoms with Gasteiger partial charge in [-0.15, -0.1) is 0 Å². The van der Waals surface area contributed by atoms with Gasteiger partial charge in [0.05, 0.1) is 18.3 Å². The third-order valence-electron chi connectivity index (χ3n) is 3.96. The van der Waals surface area contributed by atoms with Gasteiger partial charge >= 0.3 is 0 Å². The Balaban J connectivity index is 1.71. The van der Waals surface area contributed by atoms with Crippen molar-refractivity contribution in [1.82, 2.24) is 20.2 Å². The second-order valence-electron chi connectivity index (χ2n) is 5.48. The van der Waals surface area contributed by atoms with Crippen molar-refractivity contribution in [3.8, 4) is 5.69 Å². The Morgan fingerprint density at radius 2 is 2.43 bits per heavy atom. The summed E-state index contributed by atoms with van der Waals surface area (Å²) < 4.78 is 1.96. The lowest BCUT2D eigenvalue weighted by Gasteiger charge is -2.18. The summed E-state index contributed by atoms with van der Waals surface area (Å²) in [7, 11) is 0. The molecule has 2 aromatic rings. The molecule has 1 aliphatic heterocycles. The minimum Gasteiger partial charge on any atom is -0.349 e. The molecule has 1 aromatic carbocycles. The maximum atomic E-state index is 12.2. The highest BCUT2D eigenvalue weighted by Crippen LogP contribution is 2.18. The van der Waals surface area contributed by atoms with E-state index in [2.05, 4.69) is 21.7 Å². The average Bonchev–Trinajstić information content (AvgIpc) is 3.20. The first-order valence-corrected chi connectivity index (χ1v) is 7.33. The van der Waals surface area contributed by atoms with E-state index in [1.165, 1.54) is 0 Å². The van der Waals surface area contributed by atoms with Crippen molar-refractivity contribution in [3.05, 3.63) is 48.5 Å². The van der Waals surface area contributed by atoms with Gasteiger partial charge < -0.3 is 15.2 Å². The largest absolute Gasteiger partial charge is 0.349 e. The fraction of sp³-hybridized carbons (Fsp3) is 0.375. The lowest BCUT2D eigenvalue weighted by atomic mass is 10.0. The van der Waals surface area contributed by atoms with Crippen LogP contribution in [-0.2, 0) is 4.79 Å². The summed E-state index contributed by atoms with van der Waals surface area (Å²) in [5.41, 5.74) is 2.15. The number of benzene rings is 1. The topological polar surface area (TPSA) is 59.0 Å². The van der Waals surface area contributed by atoms with Crippen LogP contribution in [0.5, 0.6) is 0 Å². The van der Waals surface area contributed by atoms with Crippen molar-refractivity contribution in [2.75, 3.05) is 13.1 Å². The number of carbonyl (C=O) groups excluding carboxylic acids is 1. The van der Waals surface area contributed by atoms with Crippen LogP contribution in [0.2, 0.25) is 0 Å². The van der Waals surface area contributed by atoms with E-state index in [-0.39, 0.29) is 17.9 Å². The molecule has 2 unspecified atom stereocenters. The van der Waals surface area contributed by atoms with E-state index < -0.39 is 0 Å².